The lowest BCUT2D eigenvalue weighted by Gasteiger charge is -2.35. The third-order valence-electron chi connectivity index (χ3n) is 7.62. The molecule has 0 aliphatic carbocycles. The van der Waals surface area contributed by atoms with Crippen LogP contribution in [-0.2, 0) is 18.5 Å². The Hall–Kier alpha value is -3.41. The first-order valence-corrected chi connectivity index (χ1v) is 13.5. The minimum atomic E-state index is -0.351. The molecule has 198 valence electrons. The first-order valence-electron chi connectivity index (χ1n) is 13.5. The van der Waals surface area contributed by atoms with Gasteiger partial charge in [0.15, 0.2) is 5.43 Å². The summed E-state index contributed by atoms with van der Waals surface area (Å²) in [7, 11) is 1.62. The normalized spacial score (nSPS) is 19.5. The molecule has 1 aliphatic heterocycles. The number of fused-ring (bicyclic) bond motifs is 1. The maximum atomic E-state index is 13.8. The van der Waals surface area contributed by atoms with Gasteiger partial charge in [0.1, 0.15) is 17.1 Å². The average Bonchev–Trinajstić information content (AvgIpc) is 3.21. The van der Waals surface area contributed by atoms with Crippen molar-refractivity contribution in [1.29, 1.82) is 0 Å². The van der Waals surface area contributed by atoms with Gasteiger partial charge in [0.2, 0.25) is 0 Å². The summed E-state index contributed by atoms with van der Waals surface area (Å²) in [5.41, 5.74) is 4.52. The summed E-state index contributed by atoms with van der Waals surface area (Å²) in [4.78, 5) is 13.8. The van der Waals surface area contributed by atoms with Crippen LogP contribution in [0.3, 0.4) is 0 Å². The summed E-state index contributed by atoms with van der Waals surface area (Å²) in [5.74, 6) is 1.66. The summed E-state index contributed by atoms with van der Waals surface area (Å²) in [6, 6.07) is 24.3. The van der Waals surface area contributed by atoms with E-state index in [1.165, 1.54) is 11.1 Å². The van der Waals surface area contributed by atoms with Gasteiger partial charge in [-0.2, -0.15) is 0 Å². The molecule has 0 amide bonds. The van der Waals surface area contributed by atoms with E-state index in [4.69, 9.17) is 9.15 Å². The molecule has 0 radical (unpaired) electrons. The number of hydrogen-bond acceptors (Lipinski definition) is 5. The standard InChI is InChI=1S/C33H38N2O3/c1-22-11-13-25(14-12-22)33(34-21-32(3,4)35-33)20-23(2)17-29-28(18-24-9-7-6-8-10-24)31(36)27-16-15-26(37-5)19-30(27)38-29/h6-16,19,23,34-35H,17-18,20-21H2,1-5H3. The SMILES string of the molecule is COc1ccc2c(=O)c(Cc3ccccc3)c(CC(C)CC3(c4ccc(C)cc4)NCC(C)(C)N3)oc2c1. The predicted molar refractivity (Wildman–Crippen MR) is 154 cm³/mol. The quantitative estimate of drug-likeness (QED) is 0.300. The van der Waals surface area contributed by atoms with Crippen LogP contribution in [-0.4, -0.2) is 19.2 Å². The molecule has 4 aromatic rings. The lowest BCUT2D eigenvalue weighted by Crippen LogP contribution is -2.50. The molecule has 2 N–H and O–H groups in total. The number of aryl methyl sites for hydroxylation is 1. The van der Waals surface area contributed by atoms with Crippen LogP contribution in [0, 0.1) is 12.8 Å². The van der Waals surface area contributed by atoms with E-state index in [1.54, 1.807) is 7.11 Å². The third kappa shape index (κ3) is 5.40. The van der Waals surface area contributed by atoms with Gasteiger partial charge in [0.25, 0.3) is 0 Å². The van der Waals surface area contributed by atoms with Gasteiger partial charge in [-0.15, -0.1) is 0 Å². The summed E-state index contributed by atoms with van der Waals surface area (Å²) >= 11 is 0. The molecule has 2 atom stereocenters. The summed E-state index contributed by atoms with van der Waals surface area (Å²) in [6.45, 7) is 9.69. The van der Waals surface area contributed by atoms with E-state index in [0.29, 0.717) is 29.6 Å². The Bertz CT molecular complexity index is 1470. The molecule has 5 heteroatoms. The van der Waals surface area contributed by atoms with Crippen molar-refractivity contribution < 1.29 is 9.15 Å². The van der Waals surface area contributed by atoms with E-state index in [0.717, 1.165) is 29.9 Å². The van der Waals surface area contributed by atoms with Crippen molar-refractivity contribution in [3.63, 3.8) is 0 Å². The Morgan fingerprint density at radius 2 is 1.76 bits per heavy atom. The molecule has 1 aromatic heterocycles. The maximum absolute atomic E-state index is 13.8. The minimum Gasteiger partial charge on any atom is -0.497 e. The molecular weight excluding hydrogens is 472 g/mol. The molecule has 0 bridgehead atoms. The van der Waals surface area contributed by atoms with Gasteiger partial charge in [-0.3, -0.25) is 15.4 Å². The van der Waals surface area contributed by atoms with Crippen LogP contribution >= 0.6 is 0 Å². The van der Waals surface area contributed by atoms with Gasteiger partial charge in [-0.25, -0.2) is 0 Å². The minimum absolute atomic E-state index is 0.0326. The van der Waals surface area contributed by atoms with Crippen molar-refractivity contribution in [2.75, 3.05) is 13.7 Å². The van der Waals surface area contributed by atoms with E-state index < -0.39 is 0 Å². The monoisotopic (exact) mass is 510 g/mol. The van der Waals surface area contributed by atoms with E-state index in [1.807, 2.05) is 36.4 Å². The largest absolute Gasteiger partial charge is 0.497 e. The Kier molecular flexibility index (Phi) is 7.17. The van der Waals surface area contributed by atoms with Gasteiger partial charge in [-0.1, -0.05) is 67.1 Å². The lowest BCUT2D eigenvalue weighted by atomic mass is 9.86. The van der Waals surface area contributed by atoms with Crippen LogP contribution in [0.1, 0.15) is 55.2 Å². The molecule has 1 fully saturated rings. The summed E-state index contributed by atoms with van der Waals surface area (Å²) in [6.07, 6.45) is 2.05. The molecule has 5 rings (SSSR count). The highest BCUT2D eigenvalue weighted by Gasteiger charge is 2.44. The van der Waals surface area contributed by atoms with Gasteiger partial charge < -0.3 is 9.15 Å². The van der Waals surface area contributed by atoms with Crippen molar-refractivity contribution in [3.05, 3.63) is 111 Å². The third-order valence-corrected chi connectivity index (χ3v) is 7.62. The van der Waals surface area contributed by atoms with Gasteiger partial charge in [0, 0.05) is 36.6 Å². The zero-order chi connectivity index (χ0) is 26.9. The topological polar surface area (TPSA) is 63.5 Å². The zero-order valence-corrected chi connectivity index (χ0v) is 23.1. The lowest BCUT2D eigenvalue weighted by molar-refractivity contribution is 0.239. The molecule has 38 heavy (non-hydrogen) atoms. The van der Waals surface area contributed by atoms with Crippen LogP contribution in [0.5, 0.6) is 5.75 Å². The number of methoxy groups -OCH3 is 1. The van der Waals surface area contributed by atoms with Crippen LogP contribution < -0.4 is 20.8 Å². The predicted octanol–water partition coefficient (Wildman–Crippen LogP) is 6.09. The van der Waals surface area contributed by atoms with E-state index >= 15 is 0 Å². The average molecular weight is 511 g/mol. The number of rotatable bonds is 8. The van der Waals surface area contributed by atoms with Crippen LogP contribution in [0.15, 0.2) is 82.0 Å². The second-order valence-corrected chi connectivity index (χ2v) is 11.5. The van der Waals surface area contributed by atoms with Crippen LogP contribution in [0.4, 0.5) is 0 Å². The second-order valence-electron chi connectivity index (χ2n) is 11.5. The molecule has 2 unspecified atom stereocenters. The van der Waals surface area contributed by atoms with E-state index in [2.05, 4.69) is 74.7 Å². The van der Waals surface area contributed by atoms with Gasteiger partial charge in [0.05, 0.1) is 18.2 Å². The fourth-order valence-corrected chi connectivity index (χ4v) is 5.73. The Balaban J connectivity index is 1.52. The van der Waals surface area contributed by atoms with E-state index in [-0.39, 0.29) is 22.5 Å². The van der Waals surface area contributed by atoms with Crippen molar-refractivity contribution in [2.24, 2.45) is 5.92 Å². The number of hydrogen-bond donors (Lipinski definition) is 2. The molecule has 0 spiro atoms. The van der Waals surface area contributed by atoms with Gasteiger partial charge in [-0.05, 0) is 56.4 Å². The summed E-state index contributed by atoms with van der Waals surface area (Å²) < 4.78 is 11.9. The highest BCUT2D eigenvalue weighted by atomic mass is 16.5. The highest BCUT2D eigenvalue weighted by molar-refractivity contribution is 5.79. The number of benzene rings is 3. The molecule has 2 heterocycles. The van der Waals surface area contributed by atoms with Gasteiger partial charge >= 0.3 is 0 Å². The molecule has 5 nitrogen and oxygen atoms in total. The van der Waals surface area contributed by atoms with E-state index in [9.17, 15) is 4.79 Å². The van der Waals surface area contributed by atoms with Crippen molar-refractivity contribution in [3.8, 4) is 5.75 Å². The first kappa shape index (κ1) is 26.2. The van der Waals surface area contributed by atoms with Crippen LogP contribution in [0.25, 0.3) is 11.0 Å². The second kappa shape index (κ2) is 10.4. The Labute approximate surface area is 225 Å². The van der Waals surface area contributed by atoms with Crippen molar-refractivity contribution >= 4 is 11.0 Å². The molecular formula is C33H38N2O3. The molecule has 3 aromatic carbocycles. The fraction of sp³-hybridized carbons (Fsp3) is 0.364. The molecule has 0 saturated carbocycles. The molecule has 1 aliphatic rings. The van der Waals surface area contributed by atoms with Crippen molar-refractivity contribution in [2.45, 2.75) is 58.2 Å². The Morgan fingerprint density at radius 3 is 2.42 bits per heavy atom. The smallest absolute Gasteiger partial charge is 0.196 e. The summed E-state index contributed by atoms with van der Waals surface area (Å²) in [5, 5.41) is 8.28. The Morgan fingerprint density at radius 1 is 1.03 bits per heavy atom. The van der Waals surface area contributed by atoms with Crippen LogP contribution in [0.2, 0.25) is 0 Å². The molecule has 1 saturated heterocycles. The zero-order valence-electron chi connectivity index (χ0n) is 23.1. The number of ether oxygens (including phenoxy) is 1. The number of nitrogens with one attached hydrogen (secondary N) is 2. The fourth-order valence-electron chi connectivity index (χ4n) is 5.73. The van der Waals surface area contributed by atoms with Crippen molar-refractivity contribution in [1.82, 2.24) is 10.6 Å². The maximum Gasteiger partial charge on any atom is 0.196 e. The highest BCUT2D eigenvalue weighted by Crippen LogP contribution is 2.35. The first-order chi connectivity index (χ1) is 18.2.